The normalized spacial score (nSPS) is 11.0. The highest BCUT2D eigenvalue weighted by Crippen LogP contribution is 2.36. The molecule has 0 aromatic heterocycles. The fourth-order valence-electron chi connectivity index (χ4n) is 2.16. The Labute approximate surface area is 114 Å². The predicted octanol–water partition coefficient (Wildman–Crippen LogP) is 4.13. The molecule has 0 aliphatic carbocycles. The van der Waals surface area contributed by atoms with E-state index in [0.29, 0.717) is 16.8 Å². The summed E-state index contributed by atoms with van der Waals surface area (Å²) in [4.78, 5) is 11.6. The lowest BCUT2D eigenvalue weighted by atomic mass is 9.90. The van der Waals surface area contributed by atoms with Gasteiger partial charge in [0.25, 0.3) is 0 Å². The summed E-state index contributed by atoms with van der Waals surface area (Å²) >= 11 is 0. The standard InChI is InChI=1S/C15H23FN2O/c1-8(2)11-7-10(5)13(16)12(9(3)4)14(11)18-15(19)17-6/h7-9H,1-6H3,(H2,17,18,19). The fraction of sp³-hybridized carbons (Fsp3) is 0.533. The Morgan fingerprint density at radius 1 is 1.21 bits per heavy atom. The maximum atomic E-state index is 14.3. The molecule has 0 bridgehead atoms. The molecule has 0 aliphatic rings. The molecular weight excluding hydrogens is 243 g/mol. The van der Waals surface area contributed by atoms with Crippen LogP contribution in [-0.4, -0.2) is 13.1 Å². The summed E-state index contributed by atoms with van der Waals surface area (Å²) in [6.45, 7) is 9.68. The first-order valence-electron chi connectivity index (χ1n) is 6.61. The van der Waals surface area contributed by atoms with Crippen molar-refractivity contribution in [2.75, 3.05) is 12.4 Å². The minimum atomic E-state index is -0.327. The van der Waals surface area contributed by atoms with E-state index in [-0.39, 0.29) is 23.7 Å². The van der Waals surface area contributed by atoms with Gasteiger partial charge in [-0.3, -0.25) is 0 Å². The molecule has 0 atom stereocenters. The Kier molecular flexibility index (Phi) is 4.92. The van der Waals surface area contributed by atoms with Crippen LogP contribution in [0.15, 0.2) is 6.07 Å². The van der Waals surface area contributed by atoms with Gasteiger partial charge in [-0.25, -0.2) is 9.18 Å². The lowest BCUT2D eigenvalue weighted by Gasteiger charge is -2.22. The van der Waals surface area contributed by atoms with E-state index >= 15 is 0 Å². The lowest BCUT2D eigenvalue weighted by Crippen LogP contribution is -2.26. The minimum Gasteiger partial charge on any atom is -0.341 e. The second-order valence-corrected chi connectivity index (χ2v) is 5.40. The molecule has 0 unspecified atom stereocenters. The molecule has 0 spiro atoms. The van der Waals surface area contributed by atoms with E-state index < -0.39 is 0 Å². The highest BCUT2D eigenvalue weighted by Gasteiger charge is 2.21. The Morgan fingerprint density at radius 2 is 1.79 bits per heavy atom. The molecule has 4 heteroatoms. The first-order valence-corrected chi connectivity index (χ1v) is 6.61. The smallest absolute Gasteiger partial charge is 0.318 e. The summed E-state index contributed by atoms with van der Waals surface area (Å²) in [6, 6.07) is 1.49. The topological polar surface area (TPSA) is 41.1 Å². The number of rotatable bonds is 3. The third-order valence-corrected chi connectivity index (χ3v) is 3.18. The second kappa shape index (κ2) is 6.04. The highest BCUT2D eigenvalue weighted by molar-refractivity contribution is 5.91. The van der Waals surface area contributed by atoms with E-state index in [4.69, 9.17) is 0 Å². The maximum absolute atomic E-state index is 14.3. The lowest BCUT2D eigenvalue weighted by molar-refractivity contribution is 0.254. The minimum absolute atomic E-state index is 0.00422. The maximum Gasteiger partial charge on any atom is 0.318 e. The summed E-state index contributed by atoms with van der Waals surface area (Å²) in [6.07, 6.45) is 0. The van der Waals surface area contributed by atoms with Crippen LogP contribution in [0.2, 0.25) is 0 Å². The van der Waals surface area contributed by atoms with Gasteiger partial charge in [0, 0.05) is 12.6 Å². The number of hydrogen-bond acceptors (Lipinski definition) is 1. The molecular formula is C15H23FN2O. The summed E-state index contributed by atoms with van der Waals surface area (Å²) in [7, 11) is 1.55. The van der Waals surface area contributed by atoms with Gasteiger partial charge in [0.15, 0.2) is 0 Å². The van der Waals surface area contributed by atoms with Crippen LogP contribution in [-0.2, 0) is 0 Å². The van der Waals surface area contributed by atoms with Crippen molar-refractivity contribution in [2.24, 2.45) is 0 Å². The van der Waals surface area contributed by atoms with Gasteiger partial charge < -0.3 is 10.6 Å². The van der Waals surface area contributed by atoms with Crippen molar-refractivity contribution in [1.29, 1.82) is 0 Å². The molecule has 0 saturated heterocycles. The Balaban J connectivity index is 3.52. The summed E-state index contributed by atoms with van der Waals surface area (Å²) in [5, 5.41) is 5.28. The molecule has 3 nitrogen and oxygen atoms in total. The van der Waals surface area contributed by atoms with Gasteiger partial charge >= 0.3 is 6.03 Å². The number of urea groups is 1. The van der Waals surface area contributed by atoms with Crippen molar-refractivity contribution >= 4 is 11.7 Å². The van der Waals surface area contributed by atoms with Crippen molar-refractivity contribution < 1.29 is 9.18 Å². The van der Waals surface area contributed by atoms with Gasteiger partial charge in [-0.1, -0.05) is 33.8 Å². The SMILES string of the molecule is CNC(=O)Nc1c(C(C)C)cc(C)c(F)c1C(C)C. The van der Waals surface area contributed by atoms with Crippen LogP contribution < -0.4 is 10.6 Å². The van der Waals surface area contributed by atoms with Crippen LogP contribution in [0.5, 0.6) is 0 Å². The molecule has 1 rings (SSSR count). The van der Waals surface area contributed by atoms with Crippen LogP contribution >= 0.6 is 0 Å². The van der Waals surface area contributed by atoms with E-state index in [1.165, 1.54) is 0 Å². The van der Waals surface area contributed by atoms with E-state index in [0.717, 1.165) is 5.56 Å². The fourth-order valence-corrected chi connectivity index (χ4v) is 2.16. The van der Waals surface area contributed by atoms with Gasteiger partial charge in [0.1, 0.15) is 5.82 Å². The van der Waals surface area contributed by atoms with Crippen molar-refractivity contribution in [1.82, 2.24) is 5.32 Å². The van der Waals surface area contributed by atoms with Gasteiger partial charge in [-0.15, -0.1) is 0 Å². The summed E-state index contributed by atoms with van der Waals surface area (Å²) in [5.41, 5.74) is 2.76. The number of anilines is 1. The van der Waals surface area contributed by atoms with Crippen LogP contribution in [0.3, 0.4) is 0 Å². The number of aryl methyl sites for hydroxylation is 1. The molecule has 0 aliphatic heterocycles. The van der Waals surface area contributed by atoms with Crippen LogP contribution in [0.4, 0.5) is 14.9 Å². The van der Waals surface area contributed by atoms with Gasteiger partial charge in [0.05, 0.1) is 5.69 Å². The molecule has 2 N–H and O–H groups in total. The largest absolute Gasteiger partial charge is 0.341 e. The monoisotopic (exact) mass is 266 g/mol. The molecule has 19 heavy (non-hydrogen) atoms. The number of halogens is 1. The zero-order chi connectivity index (χ0) is 14.7. The van der Waals surface area contributed by atoms with Crippen molar-refractivity contribution in [3.05, 3.63) is 28.6 Å². The third-order valence-electron chi connectivity index (χ3n) is 3.18. The molecule has 1 aromatic carbocycles. The first kappa shape index (κ1) is 15.5. The number of carbonyl (C=O) groups is 1. The molecule has 0 fully saturated rings. The van der Waals surface area contributed by atoms with Crippen LogP contribution in [0.25, 0.3) is 0 Å². The number of hydrogen-bond donors (Lipinski definition) is 2. The third kappa shape index (κ3) is 3.25. The molecule has 1 aromatic rings. The number of benzene rings is 1. The molecule has 0 saturated carbocycles. The Bertz CT molecular complexity index is 482. The number of nitrogens with one attached hydrogen (secondary N) is 2. The molecule has 2 amide bonds. The van der Waals surface area contributed by atoms with Crippen molar-refractivity contribution in [3.63, 3.8) is 0 Å². The molecule has 0 heterocycles. The van der Waals surface area contributed by atoms with E-state index in [1.807, 2.05) is 33.8 Å². The van der Waals surface area contributed by atoms with Crippen molar-refractivity contribution in [2.45, 2.75) is 46.5 Å². The molecule has 106 valence electrons. The number of amides is 2. The zero-order valence-corrected chi connectivity index (χ0v) is 12.5. The van der Waals surface area contributed by atoms with Crippen LogP contribution in [0.1, 0.15) is 56.2 Å². The molecule has 0 radical (unpaired) electrons. The average Bonchev–Trinajstić information content (AvgIpc) is 2.32. The summed E-state index contributed by atoms with van der Waals surface area (Å²) < 4.78 is 14.3. The van der Waals surface area contributed by atoms with Gasteiger partial charge in [-0.05, 0) is 29.9 Å². The predicted molar refractivity (Wildman–Crippen MR) is 77.4 cm³/mol. The zero-order valence-electron chi connectivity index (χ0n) is 12.5. The first-order chi connectivity index (χ1) is 8.79. The van der Waals surface area contributed by atoms with E-state index in [9.17, 15) is 9.18 Å². The quantitative estimate of drug-likeness (QED) is 0.848. The Hall–Kier alpha value is -1.58. The Morgan fingerprint density at radius 3 is 2.21 bits per heavy atom. The van der Waals surface area contributed by atoms with E-state index in [1.54, 1.807) is 14.0 Å². The van der Waals surface area contributed by atoms with E-state index in [2.05, 4.69) is 10.6 Å². The highest BCUT2D eigenvalue weighted by atomic mass is 19.1. The average molecular weight is 266 g/mol. The summed E-state index contributed by atoms with van der Waals surface area (Å²) in [5.74, 6) is -0.0145. The van der Waals surface area contributed by atoms with Crippen LogP contribution in [0, 0.1) is 12.7 Å². The van der Waals surface area contributed by atoms with Gasteiger partial charge in [0.2, 0.25) is 0 Å². The second-order valence-electron chi connectivity index (χ2n) is 5.40. The van der Waals surface area contributed by atoms with Gasteiger partial charge in [-0.2, -0.15) is 0 Å². The number of carbonyl (C=O) groups excluding carboxylic acids is 1. The van der Waals surface area contributed by atoms with Crippen molar-refractivity contribution in [3.8, 4) is 0 Å².